The van der Waals surface area contributed by atoms with E-state index in [9.17, 15) is 0 Å². The minimum atomic E-state index is -5.17. The second-order valence-electron chi connectivity index (χ2n) is 0.408. The first-order valence-corrected chi connectivity index (χ1v) is 2.00. The van der Waals surface area contributed by atoms with Crippen molar-refractivity contribution in [3.8, 4) is 0 Å². The van der Waals surface area contributed by atoms with Crippen molar-refractivity contribution in [3.05, 3.63) is 12.3 Å². The van der Waals surface area contributed by atoms with Crippen molar-refractivity contribution in [2.24, 2.45) is 0 Å². The molecule has 6 nitrogen and oxygen atoms in total. The van der Waals surface area contributed by atoms with Gasteiger partial charge in [-0.3, -0.25) is 8.42 Å². The summed E-state index contributed by atoms with van der Waals surface area (Å²) in [4.78, 5) is 0. The molecule has 0 aromatic carbocycles. The van der Waals surface area contributed by atoms with Crippen LogP contribution in [0.4, 0.5) is 0 Å². The summed E-state index contributed by atoms with van der Waals surface area (Å²) in [5.41, 5.74) is 0. The maximum Gasteiger partial charge on any atom is 2.00 e. The van der Waals surface area contributed by atoms with Gasteiger partial charge < -0.3 is 21.4 Å². The summed E-state index contributed by atoms with van der Waals surface area (Å²) in [5.74, 6) is 0. The fourth-order valence-corrected chi connectivity index (χ4v) is 0. The van der Waals surface area contributed by atoms with E-state index in [0.717, 1.165) is 0 Å². The van der Waals surface area contributed by atoms with Crippen LogP contribution in [0.15, 0.2) is 0 Å². The largest absolute Gasteiger partial charge is 2.00 e. The van der Waals surface area contributed by atoms with Crippen molar-refractivity contribution >= 4 is 10.4 Å². The molecule has 9 heavy (non-hydrogen) atoms. The van der Waals surface area contributed by atoms with Crippen LogP contribution in [0, 0.1) is 0 Å². The SMILES string of the molecule is O=S(=O)([O-])[O-].[Fe+2].[Fe+2].[NH2-].[NH2-]. The molecule has 0 saturated carbocycles. The van der Waals surface area contributed by atoms with E-state index in [2.05, 4.69) is 0 Å². The average Bonchev–Trinajstić information content (AvgIpc) is 0.722. The molecular formula is H4Fe2N2O4S. The number of hydrogen-bond donors (Lipinski definition) is 0. The van der Waals surface area contributed by atoms with Crippen LogP contribution in [-0.2, 0) is 44.5 Å². The van der Waals surface area contributed by atoms with Crippen molar-refractivity contribution in [1.82, 2.24) is 0 Å². The molecule has 0 heterocycles. The molecule has 0 rings (SSSR count). The van der Waals surface area contributed by atoms with Crippen molar-refractivity contribution in [1.29, 1.82) is 0 Å². The zero-order valence-electron chi connectivity index (χ0n) is 3.90. The van der Waals surface area contributed by atoms with E-state index >= 15 is 0 Å². The number of nitrogens with two attached hydrogens (primary N) is 2. The van der Waals surface area contributed by atoms with Gasteiger partial charge in [0, 0.05) is 10.4 Å². The standard InChI is InChI=1S/2Fe.2H2N.H2O4S/c;;;;1-5(2,3)4/h;;2*1H2;(H2,1,2,3,4)/q2*+2;2*-1;/p-2. The Hall–Kier alpha value is 0.829. The fourth-order valence-electron chi connectivity index (χ4n) is 0. The summed E-state index contributed by atoms with van der Waals surface area (Å²) in [6.45, 7) is 0. The van der Waals surface area contributed by atoms with E-state index in [0.29, 0.717) is 0 Å². The van der Waals surface area contributed by atoms with Crippen LogP contribution < -0.4 is 0 Å². The Kier molecular flexibility index (Phi) is 42.4. The van der Waals surface area contributed by atoms with Crippen LogP contribution in [0.1, 0.15) is 0 Å². The van der Waals surface area contributed by atoms with Crippen LogP contribution in [-0.4, -0.2) is 17.5 Å². The average molecular weight is 240 g/mol. The van der Waals surface area contributed by atoms with E-state index in [-0.39, 0.29) is 46.4 Å². The molecule has 0 amide bonds. The van der Waals surface area contributed by atoms with Gasteiger partial charge in [0.05, 0.1) is 0 Å². The molecule has 0 saturated heterocycles. The van der Waals surface area contributed by atoms with E-state index in [1.165, 1.54) is 0 Å². The molecule has 0 aromatic rings. The normalized spacial score (nSPS) is 6.44. The van der Waals surface area contributed by atoms with Crippen LogP contribution >= 0.6 is 0 Å². The van der Waals surface area contributed by atoms with Crippen LogP contribution in [0.25, 0.3) is 12.3 Å². The summed E-state index contributed by atoms with van der Waals surface area (Å²) in [6.07, 6.45) is 0. The molecule has 0 atom stereocenters. The second kappa shape index (κ2) is 11.6. The van der Waals surface area contributed by atoms with E-state index < -0.39 is 10.4 Å². The Balaban J connectivity index is -0.0000000133. The van der Waals surface area contributed by atoms with Crippen molar-refractivity contribution in [3.63, 3.8) is 0 Å². The topological polar surface area (TPSA) is 147 Å². The molecule has 0 spiro atoms. The smallest absolute Gasteiger partial charge is 0.759 e. The van der Waals surface area contributed by atoms with Crippen LogP contribution in [0.2, 0.25) is 0 Å². The minimum absolute atomic E-state index is 0. The van der Waals surface area contributed by atoms with Crippen molar-refractivity contribution < 1.29 is 51.7 Å². The molecule has 0 fully saturated rings. The van der Waals surface area contributed by atoms with Gasteiger partial charge in [-0.05, 0) is 0 Å². The Bertz CT molecular complexity index is 99.7. The van der Waals surface area contributed by atoms with Gasteiger partial charge in [-0.25, -0.2) is 0 Å². The summed E-state index contributed by atoms with van der Waals surface area (Å²) in [6, 6.07) is 0. The Labute approximate surface area is 74.5 Å². The first-order chi connectivity index (χ1) is 2.00. The molecular weight excluding hydrogens is 236 g/mol. The van der Waals surface area contributed by atoms with E-state index in [4.69, 9.17) is 17.5 Å². The molecule has 0 aromatic heterocycles. The quantitative estimate of drug-likeness (QED) is 0.335. The van der Waals surface area contributed by atoms with Gasteiger partial charge in [0.15, 0.2) is 0 Å². The molecule has 0 aliphatic rings. The second-order valence-corrected chi connectivity index (χ2v) is 1.22. The van der Waals surface area contributed by atoms with Gasteiger partial charge in [0.1, 0.15) is 0 Å². The molecule has 0 unspecified atom stereocenters. The summed E-state index contributed by atoms with van der Waals surface area (Å²) in [7, 11) is -5.17. The first-order valence-electron chi connectivity index (χ1n) is 0.667. The Morgan fingerprint density at radius 1 is 0.889 bits per heavy atom. The van der Waals surface area contributed by atoms with Crippen molar-refractivity contribution in [2.45, 2.75) is 0 Å². The fraction of sp³-hybridized carbons (Fsp3) is 0. The molecule has 60 valence electrons. The van der Waals surface area contributed by atoms with Gasteiger partial charge in [0.25, 0.3) is 0 Å². The molecule has 0 aliphatic carbocycles. The minimum Gasteiger partial charge on any atom is -0.759 e. The molecule has 0 bridgehead atoms. The van der Waals surface area contributed by atoms with Gasteiger partial charge in [-0.15, -0.1) is 0 Å². The van der Waals surface area contributed by atoms with Crippen LogP contribution in [0.5, 0.6) is 0 Å². The summed E-state index contributed by atoms with van der Waals surface area (Å²) in [5, 5.41) is 0. The maximum atomic E-state index is 8.52. The van der Waals surface area contributed by atoms with Gasteiger partial charge in [-0.2, -0.15) is 0 Å². The molecule has 9 heteroatoms. The predicted molar refractivity (Wildman–Crippen MR) is 21.0 cm³/mol. The number of hydrogen-bond acceptors (Lipinski definition) is 4. The monoisotopic (exact) mass is 240 g/mol. The third-order valence-corrected chi connectivity index (χ3v) is 0. The Morgan fingerprint density at radius 2 is 0.889 bits per heavy atom. The third kappa shape index (κ3) is 599. The van der Waals surface area contributed by atoms with Crippen molar-refractivity contribution in [2.75, 3.05) is 0 Å². The Morgan fingerprint density at radius 3 is 0.889 bits per heavy atom. The maximum absolute atomic E-state index is 8.52. The van der Waals surface area contributed by atoms with Gasteiger partial charge in [0.2, 0.25) is 0 Å². The molecule has 0 aliphatic heterocycles. The van der Waals surface area contributed by atoms with E-state index in [1.807, 2.05) is 0 Å². The number of rotatable bonds is 0. The van der Waals surface area contributed by atoms with Gasteiger partial charge >= 0.3 is 34.1 Å². The van der Waals surface area contributed by atoms with E-state index in [1.54, 1.807) is 0 Å². The predicted octanol–water partition coefficient (Wildman–Crippen LogP) is 0.0912. The third-order valence-electron chi connectivity index (χ3n) is 0. The van der Waals surface area contributed by atoms with Gasteiger partial charge in [-0.1, -0.05) is 0 Å². The zero-order valence-corrected chi connectivity index (χ0v) is 6.93. The summed E-state index contributed by atoms with van der Waals surface area (Å²) >= 11 is 0. The first kappa shape index (κ1) is 32.9. The molecule has 4 N–H and O–H groups in total. The van der Waals surface area contributed by atoms with Crippen LogP contribution in [0.3, 0.4) is 0 Å². The molecule has 0 radical (unpaired) electrons. The zero-order chi connectivity index (χ0) is 4.50. The summed E-state index contributed by atoms with van der Waals surface area (Å²) < 4.78 is 34.1.